The summed E-state index contributed by atoms with van der Waals surface area (Å²) in [5.41, 5.74) is 0.199. The van der Waals surface area contributed by atoms with Crippen molar-refractivity contribution in [1.29, 1.82) is 0 Å². The van der Waals surface area contributed by atoms with Gasteiger partial charge in [0.15, 0.2) is 11.5 Å². The van der Waals surface area contributed by atoms with Crippen molar-refractivity contribution < 1.29 is 25.8 Å². The Hall–Kier alpha value is -3.37. The molecule has 0 saturated carbocycles. The molecule has 3 aromatic rings. The van der Waals surface area contributed by atoms with Crippen LogP contribution in [0.1, 0.15) is 5.56 Å². The fourth-order valence-electron chi connectivity index (χ4n) is 2.45. The van der Waals surface area contributed by atoms with Gasteiger partial charge in [0.05, 0.1) is 18.2 Å². The minimum Gasteiger partial charge on any atom is -0.493 e. The number of nitrogens with zero attached hydrogens (tertiary/aromatic N) is 1. The van der Waals surface area contributed by atoms with Crippen molar-refractivity contribution in [3.63, 3.8) is 0 Å². The first-order valence-corrected chi connectivity index (χ1v) is 11.5. The summed E-state index contributed by atoms with van der Waals surface area (Å²) < 4.78 is 60.2. The van der Waals surface area contributed by atoms with Crippen LogP contribution in [0, 0.1) is 0 Å². The molecule has 0 radical (unpaired) electrons. The number of benzene rings is 3. The molecule has 0 aliphatic heterocycles. The molecule has 0 amide bonds. The number of rotatable bonds is 8. The normalized spacial score (nSPS) is 11.9. The van der Waals surface area contributed by atoms with E-state index in [1.807, 2.05) is 0 Å². The second-order valence-corrected chi connectivity index (χ2v) is 9.10. The molecule has 0 aromatic heterocycles. The molecule has 3 aromatic carbocycles. The van der Waals surface area contributed by atoms with Gasteiger partial charge in [0.1, 0.15) is 4.90 Å². The van der Waals surface area contributed by atoms with Gasteiger partial charge < -0.3 is 8.92 Å². The van der Waals surface area contributed by atoms with Gasteiger partial charge >= 0.3 is 10.1 Å². The van der Waals surface area contributed by atoms with E-state index in [2.05, 4.69) is 9.93 Å². The van der Waals surface area contributed by atoms with E-state index in [1.165, 1.54) is 43.5 Å². The Kier molecular flexibility index (Phi) is 6.38. The van der Waals surface area contributed by atoms with Gasteiger partial charge in [0.25, 0.3) is 10.0 Å². The van der Waals surface area contributed by atoms with E-state index in [-0.39, 0.29) is 26.9 Å². The summed E-state index contributed by atoms with van der Waals surface area (Å²) in [4.78, 5) is 2.08. The van der Waals surface area contributed by atoms with Crippen LogP contribution in [0.15, 0.2) is 93.8 Å². The standard InChI is InChI=1S/C20H18N2O6S2/c1-27-19-14-8-9-16(15-21-22-29(23,24)17-10-4-2-5-11-17)20(19)28-30(25,26)18-12-6-3-7-13-18/h2-15,22H,1H3/b21-15-. The Morgan fingerprint density at radius 2 is 1.40 bits per heavy atom. The zero-order valence-electron chi connectivity index (χ0n) is 15.8. The number of nitrogens with one attached hydrogen (secondary N) is 1. The largest absolute Gasteiger partial charge is 0.493 e. The van der Waals surface area contributed by atoms with Crippen molar-refractivity contribution in [2.45, 2.75) is 9.79 Å². The average Bonchev–Trinajstić information content (AvgIpc) is 2.76. The van der Waals surface area contributed by atoms with Crippen molar-refractivity contribution >= 4 is 26.4 Å². The molecule has 0 fully saturated rings. The number of hydrogen-bond donors (Lipinski definition) is 1. The quantitative estimate of drug-likeness (QED) is 0.324. The van der Waals surface area contributed by atoms with Crippen LogP contribution in [0.5, 0.6) is 11.5 Å². The minimum atomic E-state index is -4.15. The summed E-state index contributed by atoms with van der Waals surface area (Å²) in [6.07, 6.45) is 1.14. The average molecular weight is 447 g/mol. The van der Waals surface area contributed by atoms with Crippen molar-refractivity contribution in [2.24, 2.45) is 5.10 Å². The highest BCUT2D eigenvalue weighted by molar-refractivity contribution is 7.89. The van der Waals surface area contributed by atoms with Crippen LogP contribution in [0.25, 0.3) is 0 Å². The predicted molar refractivity (Wildman–Crippen MR) is 112 cm³/mol. The molecule has 0 spiro atoms. The van der Waals surface area contributed by atoms with Crippen LogP contribution in [-0.4, -0.2) is 30.2 Å². The summed E-state index contributed by atoms with van der Waals surface area (Å²) in [5, 5.41) is 3.74. The lowest BCUT2D eigenvalue weighted by atomic mass is 10.2. The summed E-state index contributed by atoms with van der Waals surface area (Å²) >= 11 is 0. The van der Waals surface area contributed by atoms with Gasteiger partial charge in [-0.1, -0.05) is 42.5 Å². The Bertz CT molecular complexity index is 1240. The Balaban J connectivity index is 1.90. The maximum Gasteiger partial charge on any atom is 0.339 e. The van der Waals surface area contributed by atoms with E-state index in [4.69, 9.17) is 8.92 Å². The van der Waals surface area contributed by atoms with Crippen LogP contribution in [0.2, 0.25) is 0 Å². The number of hydrazone groups is 1. The van der Waals surface area contributed by atoms with E-state index in [1.54, 1.807) is 42.5 Å². The molecular formula is C20H18N2O6S2. The van der Waals surface area contributed by atoms with Gasteiger partial charge in [-0.15, -0.1) is 0 Å². The van der Waals surface area contributed by atoms with E-state index >= 15 is 0 Å². The lowest BCUT2D eigenvalue weighted by Gasteiger charge is -2.13. The third kappa shape index (κ3) is 4.97. The maximum absolute atomic E-state index is 12.6. The molecule has 1 N–H and O–H groups in total. The Morgan fingerprint density at radius 3 is 2.00 bits per heavy atom. The molecule has 0 aliphatic carbocycles. The van der Waals surface area contributed by atoms with Gasteiger partial charge in [0, 0.05) is 5.56 Å². The molecule has 30 heavy (non-hydrogen) atoms. The SMILES string of the molecule is COc1cccc(/C=N\NS(=O)(=O)c2ccccc2)c1OS(=O)(=O)c1ccccc1. The first-order chi connectivity index (χ1) is 14.3. The number of para-hydroxylation sites is 1. The molecule has 0 aliphatic rings. The highest BCUT2D eigenvalue weighted by Gasteiger charge is 2.21. The molecule has 0 atom stereocenters. The molecule has 0 saturated heterocycles. The second kappa shape index (κ2) is 8.97. The predicted octanol–water partition coefficient (Wildman–Crippen LogP) is 2.78. The highest BCUT2D eigenvalue weighted by atomic mass is 32.2. The molecular weight excluding hydrogens is 428 g/mol. The zero-order chi connectivity index (χ0) is 21.6. The fraction of sp³-hybridized carbons (Fsp3) is 0.0500. The number of sulfonamides is 1. The molecule has 0 heterocycles. The monoisotopic (exact) mass is 446 g/mol. The van der Waals surface area contributed by atoms with Crippen LogP contribution in [0.3, 0.4) is 0 Å². The summed E-state index contributed by atoms with van der Waals surface area (Å²) in [6.45, 7) is 0. The molecule has 0 unspecified atom stereocenters. The summed E-state index contributed by atoms with van der Waals surface area (Å²) in [7, 11) is -6.66. The number of methoxy groups -OCH3 is 1. The molecule has 156 valence electrons. The van der Waals surface area contributed by atoms with Crippen molar-refractivity contribution in [2.75, 3.05) is 7.11 Å². The van der Waals surface area contributed by atoms with Crippen LogP contribution < -0.4 is 13.8 Å². The summed E-state index contributed by atoms with van der Waals surface area (Å²) in [5.74, 6) is 0.0240. The molecule has 10 heteroatoms. The lowest BCUT2D eigenvalue weighted by molar-refractivity contribution is 0.390. The molecule has 3 rings (SSSR count). The zero-order valence-corrected chi connectivity index (χ0v) is 17.4. The van der Waals surface area contributed by atoms with Gasteiger partial charge in [-0.05, 0) is 36.4 Å². The van der Waals surface area contributed by atoms with E-state index < -0.39 is 20.1 Å². The van der Waals surface area contributed by atoms with Gasteiger partial charge in [-0.2, -0.15) is 21.9 Å². The minimum absolute atomic E-state index is 0.0379. The van der Waals surface area contributed by atoms with Gasteiger partial charge in [-0.3, -0.25) is 0 Å². The van der Waals surface area contributed by atoms with E-state index in [0.717, 1.165) is 6.21 Å². The van der Waals surface area contributed by atoms with Gasteiger partial charge in [-0.25, -0.2) is 4.83 Å². The number of ether oxygens (including phenoxy) is 1. The smallest absolute Gasteiger partial charge is 0.339 e. The third-order valence-electron chi connectivity index (χ3n) is 3.88. The number of hydrogen-bond acceptors (Lipinski definition) is 7. The first-order valence-electron chi connectivity index (χ1n) is 8.60. The van der Waals surface area contributed by atoms with Crippen molar-refractivity contribution in [3.8, 4) is 11.5 Å². The van der Waals surface area contributed by atoms with E-state index in [9.17, 15) is 16.8 Å². The van der Waals surface area contributed by atoms with Crippen LogP contribution in [0.4, 0.5) is 0 Å². The maximum atomic E-state index is 12.6. The third-order valence-corrected chi connectivity index (χ3v) is 6.36. The fourth-order valence-corrected chi connectivity index (χ4v) is 4.24. The lowest BCUT2D eigenvalue weighted by Crippen LogP contribution is -2.18. The van der Waals surface area contributed by atoms with Crippen LogP contribution in [-0.2, 0) is 20.1 Å². The highest BCUT2D eigenvalue weighted by Crippen LogP contribution is 2.32. The second-order valence-electron chi connectivity index (χ2n) is 5.90. The molecule has 0 bridgehead atoms. The van der Waals surface area contributed by atoms with Gasteiger partial charge in [0.2, 0.25) is 0 Å². The van der Waals surface area contributed by atoms with Crippen LogP contribution >= 0.6 is 0 Å². The summed E-state index contributed by atoms with van der Waals surface area (Å²) in [6, 6.07) is 19.9. The van der Waals surface area contributed by atoms with Crippen molar-refractivity contribution in [1.82, 2.24) is 4.83 Å². The molecule has 8 nitrogen and oxygen atoms in total. The first kappa shape index (κ1) is 21.3. The Morgan fingerprint density at radius 1 is 0.800 bits per heavy atom. The van der Waals surface area contributed by atoms with Crippen molar-refractivity contribution in [3.05, 3.63) is 84.4 Å². The topological polar surface area (TPSA) is 111 Å². The van der Waals surface area contributed by atoms with E-state index in [0.29, 0.717) is 0 Å². The Labute approximate surface area is 175 Å².